The molecule has 1 heterocycles. The van der Waals surface area contributed by atoms with Crippen LogP contribution in [0.2, 0.25) is 0 Å². The van der Waals surface area contributed by atoms with Gasteiger partial charge in [-0.25, -0.2) is 5.06 Å². The Bertz CT molecular complexity index is 1390. The van der Waals surface area contributed by atoms with E-state index >= 15 is 0 Å². The van der Waals surface area contributed by atoms with Crippen molar-refractivity contribution in [2.24, 2.45) is 5.92 Å². The molecule has 3 rings (SSSR count). The summed E-state index contributed by atoms with van der Waals surface area (Å²) in [5, 5.41) is 16.2. The van der Waals surface area contributed by atoms with Crippen LogP contribution in [0.4, 0.5) is 0 Å². The van der Waals surface area contributed by atoms with E-state index in [9.17, 15) is 24.3 Å². The number of nitrogens with zero attached hydrogens (tertiary/aromatic N) is 1. The van der Waals surface area contributed by atoms with Crippen LogP contribution in [0, 0.1) is 5.92 Å². The number of furan rings is 1. The lowest BCUT2D eigenvalue weighted by atomic mass is 9.84. The number of carbonyl (C=O) groups is 4. The number of hydrogen-bond donors (Lipinski definition) is 3. The fourth-order valence-corrected chi connectivity index (χ4v) is 4.91. The number of carboxylic acids is 1. The average Bonchev–Trinajstić information content (AvgIpc) is 3.53. The molecule has 0 spiro atoms. The number of amides is 3. The molecule has 2 unspecified atom stereocenters. The molecule has 3 N–H and O–H groups in total. The summed E-state index contributed by atoms with van der Waals surface area (Å²) in [4.78, 5) is 55.7. The van der Waals surface area contributed by atoms with Gasteiger partial charge < -0.3 is 20.2 Å². The fraction of sp³-hybridized carbons (Fsp3) is 0.412. The second-order valence-corrected chi connectivity index (χ2v) is 11.2. The third kappa shape index (κ3) is 9.03. The van der Waals surface area contributed by atoms with Gasteiger partial charge in [-0.15, -0.1) is 0 Å². The minimum atomic E-state index is -1.09. The maximum atomic E-state index is 13.4. The number of benzene rings is 2. The van der Waals surface area contributed by atoms with Crippen molar-refractivity contribution in [3.05, 3.63) is 83.6 Å². The third-order valence-electron chi connectivity index (χ3n) is 7.74. The molecule has 0 bridgehead atoms. The second kappa shape index (κ2) is 16.4. The lowest BCUT2D eigenvalue weighted by Crippen LogP contribution is -2.48. The van der Waals surface area contributed by atoms with Crippen LogP contribution in [0.1, 0.15) is 81.5 Å². The summed E-state index contributed by atoms with van der Waals surface area (Å²) < 4.78 is 5.76. The maximum absolute atomic E-state index is 13.4. The third-order valence-corrected chi connectivity index (χ3v) is 7.74. The van der Waals surface area contributed by atoms with Gasteiger partial charge in [-0.2, -0.15) is 0 Å². The number of hydroxylamine groups is 2. The first-order chi connectivity index (χ1) is 21.1. The van der Waals surface area contributed by atoms with E-state index in [1.807, 2.05) is 37.3 Å². The number of hydrogen-bond acceptors (Lipinski definition) is 6. The predicted octanol–water partition coefficient (Wildman–Crippen LogP) is 5.68. The lowest BCUT2D eigenvalue weighted by molar-refractivity contribution is -0.200. The molecule has 0 aliphatic carbocycles. The van der Waals surface area contributed by atoms with Crippen molar-refractivity contribution in [3.8, 4) is 11.3 Å². The van der Waals surface area contributed by atoms with Gasteiger partial charge in [0.25, 0.3) is 5.91 Å². The molecule has 1 aromatic heterocycles. The molecular weight excluding hydrogens is 562 g/mol. The van der Waals surface area contributed by atoms with Crippen molar-refractivity contribution in [1.82, 2.24) is 15.7 Å². The van der Waals surface area contributed by atoms with E-state index in [1.165, 1.54) is 11.1 Å². The Morgan fingerprint density at radius 3 is 2.41 bits per heavy atom. The van der Waals surface area contributed by atoms with Crippen LogP contribution in [0.25, 0.3) is 11.3 Å². The molecule has 0 aliphatic heterocycles. The molecule has 3 amide bonds. The van der Waals surface area contributed by atoms with E-state index in [1.54, 1.807) is 44.2 Å². The number of carbonyl (C=O) groups excluding carboxylic acids is 3. The van der Waals surface area contributed by atoms with Crippen LogP contribution in [-0.2, 0) is 31.2 Å². The molecular formula is C34H43N3O7. The maximum Gasteiger partial charge on any atom is 0.313 e. The summed E-state index contributed by atoms with van der Waals surface area (Å²) in [7, 11) is 0. The van der Waals surface area contributed by atoms with Crippen molar-refractivity contribution >= 4 is 24.2 Å². The van der Waals surface area contributed by atoms with Crippen molar-refractivity contribution < 1.29 is 33.5 Å². The van der Waals surface area contributed by atoms with Gasteiger partial charge in [0.1, 0.15) is 12.4 Å². The smallest absolute Gasteiger partial charge is 0.313 e. The molecule has 0 fully saturated rings. The summed E-state index contributed by atoms with van der Waals surface area (Å²) >= 11 is 0. The standard InChI is InChI=1S/C34H43N3O7/c1-5-7-9-17-27(28(6-2)37(23-38)43-21-24-13-10-8-11-14-24)31(39)35-22-36-32(40)30-19-18-29(44-30)25-15-12-16-26(20-25)34(3,4)33(41)42/h8,10-16,18-20,23,27-28H,5-7,9,17,21-22H2,1-4H3,(H,35,39)(H,36,40)(H,41,42). The van der Waals surface area contributed by atoms with Gasteiger partial charge in [0.15, 0.2) is 5.76 Å². The lowest BCUT2D eigenvalue weighted by Gasteiger charge is -2.32. The normalized spacial score (nSPS) is 12.6. The zero-order chi connectivity index (χ0) is 32.1. The molecule has 0 aliphatic rings. The Morgan fingerprint density at radius 2 is 1.75 bits per heavy atom. The van der Waals surface area contributed by atoms with Gasteiger partial charge in [0.05, 0.1) is 24.0 Å². The molecule has 0 radical (unpaired) electrons. The monoisotopic (exact) mass is 605 g/mol. The first-order valence-corrected chi connectivity index (χ1v) is 15.0. The second-order valence-electron chi connectivity index (χ2n) is 11.2. The minimum Gasteiger partial charge on any atom is -0.481 e. The molecule has 0 saturated heterocycles. The molecule has 236 valence electrons. The molecule has 2 aromatic carbocycles. The summed E-state index contributed by atoms with van der Waals surface area (Å²) in [5.74, 6) is -1.84. The van der Waals surface area contributed by atoms with E-state index < -0.39 is 29.3 Å². The molecule has 2 atom stereocenters. The predicted molar refractivity (Wildman–Crippen MR) is 166 cm³/mol. The first-order valence-electron chi connectivity index (χ1n) is 15.0. The van der Waals surface area contributed by atoms with Crippen LogP contribution >= 0.6 is 0 Å². The van der Waals surface area contributed by atoms with Crippen molar-refractivity contribution in [2.45, 2.75) is 77.9 Å². The van der Waals surface area contributed by atoms with Crippen LogP contribution in [-0.4, -0.2) is 47.1 Å². The summed E-state index contributed by atoms with van der Waals surface area (Å²) in [6.45, 7) is 7.28. The molecule has 44 heavy (non-hydrogen) atoms. The van der Waals surface area contributed by atoms with Crippen molar-refractivity contribution in [1.29, 1.82) is 0 Å². The molecule has 10 heteroatoms. The Morgan fingerprint density at radius 1 is 1.00 bits per heavy atom. The number of unbranched alkanes of at least 4 members (excludes halogenated alkanes) is 2. The van der Waals surface area contributed by atoms with Crippen LogP contribution in [0.15, 0.2) is 71.1 Å². The quantitative estimate of drug-likeness (QED) is 0.0734. The number of rotatable bonds is 18. The minimum absolute atomic E-state index is 0.0459. The average molecular weight is 606 g/mol. The van der Waals surface area contributed by atoms with Gasteiger partial charge in [0.2, 0.25) is 12.3 Å². The number of nitrogens with one attached hydrogen (secondary N) is 2. The summed E-state index contributed by atoms with van der Waals surface area (Å²) in [6.07, 6.45) is 4.42. The fourth-order valence-electron chi connectivity index (χ4n) is 4.91. The highest BCUT2D eigenvalue weighted by molar-refractivity contribution is 5.92. The highest BCUT2D eigenvalue weighted by Crippen LogP contribution is 2.29. The Labute approximate surface area is 258 Å². The highest BCUT2D eigenvalue weighted by Gasteiger charge is 2.32. The first kappa shape index (κ1) is 34.1. The van der Waals surface area contributed by atoms with Gasteiger partial charge in [-0.05, 0) is 56.0 Å². The van der Waals surface area contributed by atoms with Gasteiger partial charge >= 0.3 is 5.97 Å². The van der Waals surface area contributed by atoms with E-state index in [0.717, 1.165) is 24.8 Å². The van der Waals surface area contributed by atoms with Gasteiger partial charge in [-0.3, -0.25) is 24.0 Å². The van der Waals surface area contributed by atoms with E-state index in [-0.39, 0.29) is 24.9 Å². The van der Waals surface area contributed by atoms with E-state index in [4.69, 9.17) is 9.25 Å². The van der Waals surface area contributed by atoms with Gasteiger partial charge in [-0.1, -0.05) is 81.6 Å². The van der Waals surface area contributed by atoms with Crippen LogP contribution in [0.5, 0.6) is 0 Å². The van der Waals surface area contributed by atoms with Crippen molar-refractivity contribution in [2.75, 3.05) is 6.67 Å². The zero-order valence-electron chi connectivity index (χ0n) is 25.9. The molecule has 3 aromatic rings. The topological polar surface area (TPSA) is 138 Å². The van der Waals surface area contributed by atoms with E-state index in [2.05, 4.69) is 17.6 Å². The Balaban J connectivity index is 1.63. The van der Waals surface area contributed by atoms with Gasteiger partial charge in [0, 0.05) is 5.56 Å². The largest absolute Gasteiger partial charge is 0.481 e. The Kier molecular flexibility index (Phi) is 12.7. The van der Waals surface area contributed by atoms with Crippen LogP contribution < -0.4 is 10.6 Å². The Hall–Kier alpha value is -4.44. The summed E-state index contributed by atoms with van der Waals surface area (Å²) in [6, 6.07) is 19.1. The SMILES string of the molecule is CCCCCC(C(=O)NCNC(=O)c1ccc(-c2cccc(C(C)(C)C(=O)O)c2)o1)C(CC)N(C=O)OCc1ccccc1. The highest BCUT2D eigenvalue weighted by atomic mass is 16.7. The number of aliphatic carboxylic acids is 1. The van der Waals surface area contributed by atoms with E-state index in [0.29, 0.717) is 36.1 Å². The zero-order valence-corrected chi connectivity index (χ0v) is 25.9. The molecule has 10 nitrogen and oxygen atoms in total. The summed E-state index contributed by atoms with van der Waals surface area (Å²) in [5.41, 5.74) is 1.05. The molecule has 0 saturated carbocycles. The van der Waals surface area contributed by atoms with Crippen molar-refractivity contribution in [3.63, 3.8) is 0 Å². The van der Waals surface area contributed by atoms with Crippen LogP contribution in [0.3, 0.4) is 0 Å². The number of carboxylic acid groups (broad SMARTS) is 1.